The van der Waals surface area contributed by atoms with Gasteiger partial charge in [-0.05, 0) is 5.92 Å². The largest absolute Gasteiger partial charge is 0.368 e. The second-order valence-electron chi connectivity index (χ2n) is 5.17. The highest BCUT2D eigenvalue weighted by Crippen LogP contribution is 2.24. The van der Waals surface area contributed by atoms with Crippen LogP contribution in [0.5, 0.6) is 0 Å². The zero-order valence-electron chi connectivity index (χ0n) is 12.7. The van der Waals surface area contributed by atoms with E-state index in [4.69, 9.17) is 5.73 Å². The van der Waals surface area contributed by atoms with Crippen molar-refractivity contribution in [2.24, 2.45) is 18.7 Å². The summed E-state index contributed by atoms with van der Waals surface area (Å²) in [6.45, 7) is 3.82. The van der Waals surface area contributed by atoms with Gasteiger partial charge in [0.25, 0.3) is 5.91 Å². The maximum Gasteiger partial charge on any atom is 0.263 e. The third-order valence-corrected chi connectivity index (χ3v) is 4.53. The van der Waals surface area contributed by atoms with E-state index in [0.717, 1.165) is 12.0 Å². The number of hydrogen-bond acceptors (Lipinski definition) is 5. The van der Waals surface area contributed by atoms with E-state index in [9.17, 15) is 9.59 Å². The Morgan fingerprint density at radius 3 is 2.73 bits per heavy atom. The molecule has 0 radical (unpaired) electrons. The fourth-order valence-corrected chi connectivity index (χ4v) is 2.78. The van der Waals surface area contributed by atoms with Crippen molar-refractivity contribution < 1.29 is 9.59 Å². The van der Waals surface area contributed by atoms with Gasteiger partial charge in [-0.2, -0.15) is 5.10 Å². The van der Waals surface area contributed by atoms with Crippen molar-refractivity contribution in [3.63, 3.8) is 0 Å². The zero-order chi connectivity index (χ0) is 16.3. The van der Waals surface area contributed by atoms with Crippen molar-refractivity contribution in [1.29, 1.82) is 0 Å². The first kappa shape index (κ1) is 16.2. The average Bonchev–Trinajstić information content (AvgIpc) is 3.11. The molecule has 2 aromatic heterocycles. The zero-order valence-corrected chi connectivity index (χ0v) is 13.6. The van der Waals surface area contributed by atoms with Gasteiger partial charge in [0.15, 0.2) is 0 Å². The molecule has 2 aromatic rings. The van der Waals surface area contributed by atoms with Gasteiger partial charge in [-0.3, -0.25) is 14.3 Å². The third kappa shape index (κ3) is 3.51. The van der Waals surface area contributed by atoms with Gasteiger partial charge >= 0.3 is 0 Å². The van der Waals surface area contributed by atoms with Crippen LogP contribution >= 0.6 is 11.3 Å². The van der Waals surface area contributed by atoms with Crippen LogP contribution in [0.1, 0.15) is 29.9 Å². The van der Waals surface area contributed by atoms with Crippen LogP contribution in [0.15, 0.2) is 18.6 Å². The molecular formula is C14H19N5O2S. The van der Waals surface area contributed by atoms with E-state index >= 15 is 0 Å². The smallest absolute Gasteiger partial charge is 0.263 e. The summed E-state index contributed by atoms with van der Waals surface area (Å²) in [6.07, 6.45) is 5.76. The molecule has 2 atom stereocenters. The van der Waals surface area contributed by atoms with E-state index < -0.39 is 11.9 Å². The van der Waals surface area contributed by atoms with Gasteiger partial charge in [-0.1, -0.05) is 20.3 Å². The number of primary amides is 1. The Labute approximate surface area is 132 Å². The number of carbonyl (C=O) groups is 2. The normalized spacial score (nSPS) is 13.6. The Balaban J connectivity index is 2.13. The molecule has 0 fully saturated rings. The molecule has 118 valence electrons. The number of thiazole rings is 1. The topological polar surface area (TPSA) is 103 Å². The molecule has 0 aliphatic heterocycles. The standard InChI is InChI=1S/C14H19N5O2S/c1-4-8(2)11(12(15)20)18-13(21)10-6-16-14(22-10)9-5-17-19(3)7-9/h5-8,11H,4H2,1-3H3,(H2,15,20)(H,18,21)/t8-,11+/m1/s1. The minimum atomic E-state index is -0.679. The first-order valence-electron chi connectivity index (χ1n) is 6.97. The summed E-state index contributed by atoms with van der Waals surface area (Å²) in [5, 5.41) is 7.47. The summed E-state index contributed by atoms with van der Waals surface area (Å²) < 4.78 is 1.67. The summed E-state index contributed by atoms with van der Waals surface area (Å²) in [7, 11) is 1.81. The van der Waals surface area contributed by atoms with Gasteiger partial charge in [0.05, 0.1) is 12.4 Å². The molecular weight excluding hydrogens is 302 g/mol. The fraction of sp³-hybridized carbons (Fsp3) is 0.429. The summed E-state index contributed by atoms with van der Waals surface area (Å²) in [6, 6.07) is -0.679. The molecule has 3 N–H and O–H groups in total. The number of aryl methyl sites for hydroxylation is 1. The van der Waals surface area contributed by atoms with Gasteiger partial charge in [0.2, 0.25) is 5.91 Å². The maximum absolute atomic E-state index is 12.3. The van der Waals surface area contributed by atoms with Crippen LogP contribution in [0.25, 0.3) is 10.6 Å². The van der Waals surface area contributed by atoms with Gasteiger partial charge in [-0.15, -0.1) is 11.3 Å². The number of aromatic nitrogens is 3. The maximum atomic E-state index is 12.3. The number of nitrogens with two attached hydrogens (primary N) is 1. The molecule has 2 amide bonds. The summed E-state index contributed by atoms with van der Waals surface area (Å²) in [4.78, 5) is 28.4. The SMILES string of the molecule is CC[C@@H](C)[C@H](NC(=O)c1cnc(-c2cnn(C)c2)s1)C(N)=O. The van der Waals surface area contributed by atoms with Crippen molar-refractivity contribution in [2.45, 2.75) is 26.3 Å². The summed E-state index contributed by atoms with van der Waals surface area (Å²) in [5.74, 6) is -0.886. The Morgan fingerprint density at radius 2 is 2.18 bits per heavy atom. The predicted octanol–water partition coefficient (Wildman–Crippen LogP) is 1.17. The van der Waals surface area contributed by atoms with Crippen LogP contribution in [0.3, 0.4) is 0 Å². The highest BCUT2D eigenvalue weighted by molar-refractivity contribution is 7.16. The Kier molecular flexibility index (Phi) is 4.92. The van der Waals surface area contributed by atoms with Crippen LogP contribution < -0.4 is 11.1 Å². The van der Waals surface area contributed by atoms with Crippen LogP contribution in [-0.2, 0) is 11.8 Å². The first-order chi connectivity index (χ1) is 10.4. The lowest BCUT2D eigenvalue weighted by Crippen LogP contribution is -2.48. The number of carbonyl (C=O) groups excluding carboxylic acids is 2. The average molecular weight is 321 g/mol. The van der Waals surface area contributed by atoms with E-state index in [1.54, 1.807) is 10.9 Å². The molecule has 0 aromatic carbocycles. The molecule has 7 nitrogen and oxygen atoms in total. The van der Waals surface area contributed by atoms with Crippen LogP contribution in [-0.4, -0.2) is 32.6 Å². The quantitative estimate of drug-likeness (QED) is 0.833. The molecule has 22 heavy (non-hydrogen) atoms. The van der Waals surface area contributed by atoms with E-state index in [0.29, 0.717) is 9.88 Å². The van der Waals surface area contributed by atoms with Crippen molar-refractivity contribution in [1.82, 2.24) is 20.1 Å². The van der Waals surface area contributed by atoms with Gasteiger partial charge in [-0.25, -0.2) is 4.98 Å². The van der Waals surface area contributed by atoms with Gasteiger partial charge in [0, 0.05) is 18.8 Å². The number of amides is 2. The van der Waals surface area contributed by atoms with E-state index in [2.05, 4.69) is 15.4 Å². The van der Waals surface area contributed by atoms with Crippen molar-refractivity contribution in [3.8, 4) is 10.6 Å². The fourth-order valence-electron chi connectivity index (χ4n) is 1.99. The van der Waals surface area contributed by atoms with E-state index in [-0.39, 0.29) is 11.8 Å². The van der Waals surface area contributed by atoms with Crippen molar-refractivity contribution in [3.05, 3.63) is 23.5 Å². The van der Waals surface area contributed by atoms with Crippen molar-refractivity contribution >= 4 is 23.2 Å². The lowest BCUT2D eigenvalue weighted by atomic mass is 9.98. The Hall–Kier alpha value is -2.22. The number of rotatable bonds is 6. The highest BCUT2D eigenvalue weighted by Gasteiger charge is 2.25. The molecule has 0 aliphatic carbocycles. The van der Waals surface area contributed by atoms with Crippen LogP contribution in [0, 0.1) is 5.92 Å². The van der Waals surface area contributed by atoms with Crippen LogP contribution in [0.2, 0.25) is 0 Å². The first-order valence-corrected chi connectivity index (χ1v) is 7.79. The van der Waals surface area contributed by atoms with E-state index in [1.165, 1.54) is 17.5 Å². The lowest BCUT2D eigenvalue weighted by Gasteiger charge is -2.20. The minimum Gasteiger partial charge on any atom is -0.368 e. The molecule has 2 rings (SSSR count). The minimum absolute atomic E-state index is 0.0211. The number of nitrogens with one attached hydrogen (secondary N) is 1. The summed E-state index contributed by atoms with van der Waals surface area (Å²) in [5.41, 5.74) is 6.21. The van der Waals surface area contributed by atoms with Crippen LogP contribution in [0.4, 0.5) is 0 Å². The van der Waals surface area contributed by atoms with Crippen molar-refractivity contribution in [2.75, 3.05) is 0 Å². The Bertz CT molecular complexity index is 678. The second-order valence-corrected chi connectivity index (χ2v) is 6.20. The molecule has 0 bridgehead atoms. The monoisotopic (exact) mass is 321 g/mol. The third-order valence-electron chi connectivity index (χ3n) is 3.49. The molecule has 0 spiro atoms. The lowest BCUT2D eigenvalue weighted by molar-refractivity contribution is -0.120. The van der Waals surface area contributed by atoms with Gasteiger partial charge in [0.1, 0.15) is 15.9 Å². The molecule has 0 saturated heterocycles. The number of nitrogens with zero attached hydrogens (tertiary/aromatic N) is 3. The molecule has 2 heterocycles. The Morgan fingerprint density at radius 1 is 1.45 bits per heavy atom. The molecule has 0 unspecified atom stereocenters. The second kappa shape index (κ2) is 6.69. The van der Waals surface area contributed by atoms with Gasteiger partial charge < -0.3 is 11.1 Å². The highest BCUT2D eigenvalue weighted by atomic mass is 32.1. The number of hydrogen-bond donors (Lipinski definition) is 2. The molecule has 0 aliphatic rings. The molecule has 0 saturated carbocycles. The van der Waals surface area contributed by atoms with E-state index in [1.807, 2.05) is 27.1 Å². The predicted molar refractivity (Wildman–Crippen MR) is 84.2 cm³/mol. The summed E-state index contributed by atoms with van der Waals surface area (Å²) >= 11 is 1.25. The molecule has 8 heteroatoms.